The summed E-state index contributed by atoms with van der Waals surface area (Å²) in [6, 6.07) is 7.44. The van der Waals surface area contributed by atoms with Gasteiger partial charge in [0.1, 0.15) is 5.75 Å². The highest BCUT2D eigenvalue weighted by Gasteiger charge is 2.09. The number of hydrogen-bond donors (Lipinski definition) is 1. The van der Waals surface area contributed by atoms with Gasteiger partial charge in [0.15, 0.2) is 0 Å². The molecule has 1 aromatic heterocycles. The summed E-state index contributed by atoms with van der Waals surface area (Å²) in [4.78, 5) is 8.37. The molecule has 0 atom stereocenters. The van der Waals surface area contributed by atoms with Crippen molar-refractivity contribution in [2.75, 3.05) is 11.9 Å². The highest BCUT2D eigenvalue weighted by molar-refractivity contribution is 5.48. The van der Waals surface area contributed by atoms with Crippen LogP contribution in [0, 0.1) is 25.2 Å². The highest BCUT2D eigenvalue weighted by Crippen LogP contribution is 2.28. The van der Waals surface area contributed by atoms with E-state index in [9.17, 15) is 0 Å². The lowest BCUT2D eigenvalue weighted by atomic mass is 10.1. The van der Waals surface area contributed by atoms with Gasteiger partial charge in [0.05, 0.1) is 11.6 Å². The smallest absolute Gasteiger partial charge is 0.225 e. The van der Waals surface area contributed by atoms with Crippen molar-refractivity contribution in [2.45, 2.75) is 20.8 Å². The van der Waals surface area contributed by atoms with Crippen LogP contribution < -0.4 is 10.1 Å². The molecule has 0 saturated carbocycles. The van der Waals surface area contributed by atoms with Gasteiger partial charge in [-0.3, -0.25) is 0 Å². The molecule has 20 heavy (non-hydrogen) atoms. The van der Waals surface area contributed by atoms with E-state index in [-0.39, 0.29) is 0 Å². The van der Waals surface area contributed by atoms with Gasteiger partial charge >= 0.3 is 0 Å². The average Bonchev–Trinajstić information content (AvgIpc) is 2.43. The van der Waals surface area contributed by atoms with E-state index in [2.05, 4.69) is 21.4 Å². The SMILES string of the molecule is CCNc1nccc(Oc2c(C)cc(C#N)cc2C)n1. The van der Waals surface area contributed by atoms with Crippen LogP contribution >= 0.6 is 0 Å². The zero-order chi connectivity index (χ0) is 14.5. The van der Waals surface area contributed by atoms with Crippen LogP contribution in [0.1, 0.15) is 23.6 Å². The third-order valence-electron chi connectivity index (χ3n) is 2.76. The number of anilines is 1. The molecule has 5 heteroatoms. The van der Waals surface area contributed by atoms with E-state index in [1.54, 1.807) is 24.4 Å². The Morgan fingerprint density at radius 2 is 2.00 bits per heavy atom. The Balaban J connectivity index is 2.31. The Hall–Kier alpha value is -2.61. The first-order valence-electron chi connectivity index (χ1n) is 6.40. The van der Waals surface area contributed by atoms with E-state index in [0.717, 1.165) is 23.4 Å². The van der Waals surface area contributed by atoms with Crippen LogP contribution in [0.5, 0.6) is 11.6 Å². The lowest BCUT2D eigenvalue weighted by Gasteiger charge is -2.12. The van der Waals surface area contributed by atoms with Crippen LogP contribution in [-0.4, -0.2) is 16.5 Å². The number of ether oxygens (including phenoxy) is 1. The summed E-state index contributed by atoms with van der Waals surface area (Å²) in [5.74, 6) is 1.74. The van der Waals surface area contributed by atoms with Crippen LogP contribution in [0.15, 0.2) is 24.4 Å². The fourth-order valence-electron chi connectivity index (χ4n) is 1.92. The molecule has 0 saturated heterocycles. The molecule has 0 bridgehead atoms. The van der Waals surface area contributed by atoms with Gasteiger partial charge in [0.2, 0.25) is 11.8 Å². The molecule has 5 nitrogen and oxygen atoms in total. The van der Waals surface area contributed by atoms with Crippen molar-refractivity contribution in [2.24, 2.45) is 0 Å². The van der Waals surface area contributed by atoms with Crippen molar-refractivity contribution in [1.29, 1.82) is 5.26 Å². The first-order chi connectivity index (χ1) is 9.63. The zero-order valence-corrected chi connectivity index (χ0v) is 11.8. The summed E-state index contributed by atoms with van der Waals surface area (Å²) >= 11 is 0. The van der Waals surface area contributed by atoms with Crippen LogP contribution in [0.4, 0.5) is 5.95 Å². The Morgan fingerprint density at radius 3 is 2.60 bits per heavy atom. The topological polar surface area (TPSA) is 70.8 Å². The molecule has 0 aliphatic carbocycles. The molecule has 102 valence electrons. The second-order valence-electron chi connectivity index (χ2n) is 4.40. The van der Waals surface area contributed by atoms with Gasteiger partial charge in [-0.25, -0.2) is 4.98 Å². The fraction of sp³-hybridized carbons (Fsp3) is 0.267. The Labute approximate surface area is 118 Å². The molecule has 0 radical (unpaired) electrons. The normalized spacial score (nSPS) is 9.90. The Kier molecular flexibility index (Phi) is 4.16. The standard InChI is InChI=1S/C15H16N4O/c1-4-17-15-18-6-5-13(19-15)20-14-10(2)7-12(9-16)8-11(14)3/h5-8H,4H2,1-3H3,(H,17,18,19). The molecular formula is C15H16N4O. The summed E-state index contributed by atoms with van der Waals surface area (Å²) in [7, 11) is 0. The van der Waals surface area contributed by atoms with E-state index in [1.165, 1.54) is 0 Å². The molecule has 1 aromatic carbocycles. The van der Waals surface area contributed by atoms with Crippen LogP contribution in [-0.2, 0) is 0 Å². The maximum absolute atomic E-state index is 8.94. The minimum absolute atomic E-state index is 0.479. The molecule has 0 unspecified atom stereocenters. The largest absolute Gasteiger partial charge is 0.438 e. The number of nitrogens with zero attached hydrogens (tertiary/aromatic N) is 3. The first-order valence-corrected chi connectivity index (χ1v) is 6.40. The van der Waals surface area contributed by atoms with Crippen molar-refractivity contribution in [3.63, 3.8) is 0 Å². The molecule has 0 fully saturated rings. The van der Waals surface area contributed by atoms with Gasteiger partial charge < -0.3 is 10.1 Å². The Morgan fingerprint density at radius 1 is 1.30 bits per heavy atom. The summed E-state index contributed by atoms with van der Waals surface area (Å²) in [5, 5.41) is 12.0. The molecular weight excluding hydrogens is 252 g/mol. The number of nitriles is 1. The minimum Gasteiger partial charge on any atom is -0.438 e. The van der Waals surface area contributed by atoms with Crippen molar-refractivity contribution < 1.29 is 4.74 Å². The van der Waals surface area contributed by atoms with Crippen molar-refractivity contribution >= 4 is 5.95 Å². The highest BCUT2D eigenvalue weighted by atomic mass is 16.5. The van der Waals surface area contributed by atoms with E-state index >= 15 is 0 Å². The predicted molar refractivity (Wildman–Crippen MR) is 76.9 cm³/mol. The van der Waals surface area contributed by atoms with Gasteiger partial charge in [-0.05, 0) is 44.0 Å². The second-order valence-corrected chi connectivity index (χ2v) is 4.40. The maximum Gasteiger partial charge on any atom is 0.225 e. The molecule has 0 spiro atoms. The number of rotatable bonds is 4. The van der Waals surface area contributed by atoms with Crippen LogP contribution in [0.25, 0.3) is 0 Å². The second kappa shape index (κ2) is 6.02. The van der Waals surface area contributed by atoms with Crippen LogP contribution in [0.3, 0.4) is 0 Å². The van der Waals surface area contributed by atoms with Gasteiger partial charge in [0, 0.05) is 18.8 Å². The number of aryl methyl sites for hydroxylation is 2. The van der Waals surface area contributed by atoms with Gasteiger partial charge in [-0.2, -0.15) is 10.2 Å². The van der Waals surface area contributed by atoms with E-state index in [0.29, 0.717) is 17.4 Å². The molecule has 1 heterocycles. The lowest BCUT2D eigenvalue weighted by Crippen LogP contribution is -2.02. The summed E-state index contributed by atoms with van der Waals surface area (Å²) in [6.07, 6.45) is 1.65. The number of nitrogens with one attached hydrogen (secondary N) is 1. The molecule has 2 aromatic rings. The van der Waals surface area contributed by atoms with Gasteiger partial charge in [0.25, 0.3) is 0 Å². The summed E-state index contributed by atoms with van der Waals surface area (Å²) < 4.78 is 5.83. The molecule has 2 rings (SSSR count). The van der Waals surface area contributed by atoms with Crippen LogP contribution in [0.2, 0.25) is 0 Å². The number of aromatic nitrogens is 2. The number of hydrogen-bond acceptors (Lipinski definition) is 5. The van der Waals surface area contributed by atoms with E-state index < -0.39 is 0 Å². The summed E-state index contributed by atoms with van der Waals surface area (Å²) in [5.41, 5.74) is 2.44. The average molecular weight is 268 g/mol. The summed E-state index contributed by atoms with van der Waals surface area (Å²) in [6.45, 7) is 6.55. The quantitative estimate of drug-likeness (QED) is 0.922. The maximum atomic E-state index is 8.94. The molecule has 0 aliphatic heterocycles. The third kappa shape index (κ3) is 3.04. The lowest BCUT2D eigenvalue weighted by molar-refractivity contribution is 0.455. The van der Waals surface area contributed by atoms with Gasteiger partial charge in [-0.15, -0.1) is 0 Å². The van der Waals surface area contributed by atoms with Crippen molar-refractivity contribution in [3.8, 4) is 17.7 Å². The fourth-order valence-corrected chi connectivity index (χ4v) is 1.92. The minimum atomic E-state index is 0.479. The molecule has 0 amide bonds. The molecule has 0 aliphatic rings. The third-order valence-corrected chi connectivity index (χ3v) is 2.76. The van der Waals surface area contributed by atoms with Crippen molar-refractivity contribution in [3.05, 3.63) is 41.1 Å². The van der Waals surface area contributed by atoms with E-state index in [4.69, 9.17) is 10.00 Å². The van der Waals surface area contributed by atoms with Crippen molar-refractivity contribution in [1.82, 2.24) is 9.97 Å². The molecule has 1 N–H and O–H groups in total. The predicted octanol–water partition coefficient (Wildman–Crippen LogP) is 3.19. The monoisotopic (exact) mass is 268 g/mol. The zero-order valence-electron chi connectivity index (χ0n) is 11.8. The first kappa shape index (κ1) is 13.8. The van der Waals surface area contributed by atoms with Gasteiger partial charge in [-0.1, -0.05) is 0 Å². The Bertz CT molecular complexity index is 638. The van der Waals surface area contributed by atoms with E-state index in [1.807, 2.05) is 20.8 Å². The number of benzene rings is 1.